The number of carbonyl (C=O) groups is 2. The van der Waals surface area contributed by atoms with Gasteiger partial charge in [-0.25, -0.2) is 0 Å². The summed E-state index contributed by atoms with van der Waals surface area (Å²) in [7, 11) is 5.34. The monoisotopic (exact) mass is 318 g/mol. The van der Waals surface area contributed by atoms with Gasteiger partial charge in [-0.1, -0.05) is 18.2 Å². The number of carbonyl (C=O) groups excluding carboxylic acids is 2. The number of amides is 1. The van der Waals surface area contributed by atoms with Crippen molar-refractivity contribution in [3.63, 3.8) is 0 Å². The molecule has 1 aromatic rings. The molecule has 0 aliphatic carbocycles. The first-order valence-corrected chi connectivity index (χ1v) is 7.41. The molecule has 1 aromatic carbocycles. The summed E-state index contributed by atoms with van der Waals surface area (Å²) >= 11 is 0. The van der Waals surface area contributed by atoms with E-state index in [9.17, 15) is 14.7 Å². The number of hydrogen-bond donors (Lipinski definition) is 1. The summed E-state index contributed by atoms with van der Waals surface area (Å²) in [4.78, 5) is 27.9. The molecule has 0 aromatic heterocycles. The summed E-state index contributed by atoms with van der Waals surface area (Å²) in [5.74, 6) is -0.729. The first-order chi connectivity index (χ1) is 10.9. The summed E-state index contributed by atoms with van der Waals surface area (Å²) in [6.07, 6.45) is 0. The molecule has 0 unspecified atom stereocenters. The largest absolute Gasteiger partial charge is 0.503 e. The maximum atomic E-state index is 12.4. The van der Waals surface area contributed by atoms with E-state index in [0.29, 0.717) is 24.4 Å². The highest BCUT2D eigenvalue weighted by molar-refractivity contribution is 6.08. The van der Waals surface area contributed by atoms with E-state index >= 15 is 0 Å². The minimum atomic E-state index is -0.629. The Labute approximate surface area is 136 Å². The number of ketones is 1. The molecule has 0 bridgehead atoms. The molecule has 0 fully saturated rings. The number of Topliss-reactive ketones (excluding diaryl/α,β-unsaturated/α-hetero) is 1. The second-order valence-electron chi connectivity index (χ2n) is 5.76. The number of ether oxygens (including phenoxy) is 1. The zero-order valence-corrected chi connectivity index (χ0v) is 13.9. The highest BCUT2D eigenvalue weighted by atomic mass is 16.5. The molecule has 1 heterocycles. The quantitative estimate of drug-likeness (QED) is 0.861. The number of aliphatic hydroxyl groups excluding tert-OH is 1. The molecule has 0 spiro atoms. The number of hydrogen-bond acceptors (Lipinski definition) is 5. The van der Waals surface area contributed by atoms with E-state index in [-0.39, 0.29) is 11.4 Å². The Morgan fingerprint density at radius 2 is 2.00 bits per heavy atom. The predicted molar refractivity (Wildman–Crippen MR) is 86.3 cm³/mol. The molecule has 0 radical (unpaired) electrons. The van der Waals surface area contributed by atoms with Crippen molar-refractivity contribution >= 4 is 11.7 Å². The Hall–Kier alpha value is -2.34. The molecule has 6 nitrogen and oxygen atoms in total. The van der Waals surface area contributed by atoms with Crippen LogP contribution in [-0.2, 0) is 9.59 Å². The van der Waals surface area contributed by atoms with Gasteiger partial charge in [0.15, 0.2) is 11.5 Å². The van der Waals surface area contributed by atoms with Crippen molar-refractivity contribution in [2.24, 2.45) is 0 Å². The molecule has 23 heavy (non-hydrogen) atoms. The molecule has 6 heteroatoms. The average molecular weight is 318 g/mol. The zero-order chi connectivity index (χ0) is 17.1. The van der Waals surface area contributed by atoms with E-state index in [1.807, 2.05) is 31.1 Å². The lowest BCUT2D eigenvalue weighted by atomic mass is 9.96. The van der Waals surface area contributed by atoms with Gasteiger partial charge in [-0.3, -0.25) is 9.59 Å². The average Bonchev–Trinajstić information content (AvgIpc) is 2.76. The van der Waals surface area contributed by atoms with Gasteiger partial charge in [0.1, 0.15) is 5.75 Å². The Bertz CT molecular complexity index is 652. The van der Waals surface area contributed by atoms with Gasteiger partial charge in [-0.05, 0) is 27.1 Å². The normalized spacial score (nSPS) is 18.0. The van der Waals surface area contributed by atoms with Crippen molar-refractivity contribution in [3.05, 3.63) is 41.2 Å². The molecule has 124 valence electrons. The second kappa shape index (κ2) is 6.83. The van der Waals surface area contributed by atoms with Crippen LogP contribution in [0.1, 0.15) is 18.5 Å². The molecule has 0 saturated heterocycles. The third-order valence-corrected chi connectivity index (χ3v) is 3.90. The molecule has 2 rings (SSSR count). The number of rotatable bonds is 6. The number of aliphatic hydroxyl groups is 1. The fraction of sp³-hybridized carbons (Fsp3) is 0.412. The number of methoxy groups -OCH3 is 1. The van der Waals surface area contributed by atoms with Gasteiger partial charge >= 0.3 is 0 Å². The highest BCUT2D eigenvalue weighted by Crippen LogP contribution is 2.40. The predicted octanol–water partition coefficient (Wildman–Crippen LogP) is 1.54. The van der Waals surface area contributed by atoms with Crippen LogP contribution in [0.3, 0.4) is 0 Å². The third-order valence-electron chi connectivity index (χ3n) is 3.90. The van der Waals surface area contributed by atoms with Crippen LogP contribution in [0.2, 0.25) is 0 Å². The summed E-state index contributed by atoms with van der Waals surface area (Å²) in [6.45, 7) is 2.38. The Morgan fingerprint density at radius 1 is 1.35 bits per heavy atom. The summed E-state index contributed by atoms with van der Waals surface area (Å²) in [6, 6.07) is 6.59. The molecular weight excluding hydrogens is 296 g/mol. The molecular formula is C17H22N2O4. The van der Waals surface area contributed by atoms with Gasteiger partial charge in [0.25, 0.3) is 5.91 Å². The van der Waals surface area contributed by atoms with Crippen molar-refractivity contribution in [1.82, 2.24) is 9.80 Å². The summed E-state index contributed by atoms with van der Waals surface area (Å²) in [5, 5.41) is 10.2. The number of likely N-dealkylation sites (N-methyl/N-ethyl adjacent to an activating group) is 1. The van der Waals surface area contributed by atoms with E-state index in [1.54, 1.807) is 12.1 Å². The van der Waals surface area contributed by atoms with E-state index in [1.165, 1.54) is 18.9 Å². The molecule has 0 saturated carbocycles. The minimum Gasteiger partial charge on any atom is -0.503 e. The number of benzene rings is 1. The molecule has 1 amide bonds. The fourth-order valence-electron chi connectivity index (χ4n) is 2.77. The van der Waals surface area contributed by atoms with E-state index in [0.717, 1.165) is 0 Å². The minimum absolute atomic E-state index is 0.123. The van der Waals surface area contributed by atoms with Crippen LogP contribution < -0.4 is 4.74 Å². The number of nitrogens with zero attached hydrogens (tertiary/aromatic N) is 2. The van der Waals surface area contributed by atoms with Crippen LogP contribution in [0.4, 0.5) is 0 Å². The van der Waals surface area contributed by atoms with Crippen LogP contribution in [0.25, 0.3) is 0 Å². The Balaban J connectivity index is 2.51. The lowest BCUT2D eigenvalue weighted by Crippen LogP contribution is -2.36. The SMILES string of the molecule is COc1ccccc1[C@@H]1C(C(C)=O)=C(O)C(=O)N1CCN(C)C. The first-order valence-electron chi connectivity index (χ1n) is 7.41. The van der Waals surface area contributed by atoms with Crippen LogP contribution in [0, 0.1) is 0 Å². The molecule has 1 aliphatic rings. The maximum Gasteiger partial charge on any atom is 0.290 e. The van der Waals surface area contributed by atoms with Crippen molar-refractivity contribution < 1.29 is 19.4 Å². The second-order valence-corrected chi connectivity index (χ2v) is 5.76. The van der Waals surface area contributed by atoms with Crippen molar-refractivity contribution in [2.45, 2.75) is 13.0 Å². The standard InChI is InChI=1S/C17H22N2O4/c1-11(20)14-15(12-7-5-6-8-13(12)23-4)19(10-9-18(2)3)17(22)16(14)21/h5-8,15,21H,9-10H2,1-4H3/t15-/m1/s1. The van der Waals surface area contributed by atoms with Crippen LogP contribution in [-0.4, -0.2) is 60.9 Å². The van der Waals surface area contributed by atoms with Crippen LogP contribution in [0.5, 0.6) is 5.75 Å². The van der Waals surface area contributed by atoms with Crippen molar-refractivity contribution in [2.75, 3.05) is 34.3 Å². The third kappa shape index (κ3) is 3.22. The van der Waals surface area contributed by atoms with Gasteiger partial charge in [-0.15, -0.1) is 0 Å². The number of para-hydroxylation sites is 1. The van der Waals surface area contributed by atoms with Gasteiger partial charge in [0.2, 0.25) is 0 Å². The lowest BCUT2D eigenvalue weighted by Gasteiger charge is -2.28. The zero-order valence-electron chi connectivity index (χ0n) is 13.9. The topological polar surface area (TPSA) is 70.1 Å². The smallest absolute Gasteiger partial charge is 0.290 e. The van der Waals surface area contributed by atoms with Crippen molar-refractivity contribution in [3.8, 4) is 5.75 Å². The van der Waals surface area contributed by atoms with Gasteiger partial charge in [-0.2, -0.15) is 0 Å². The van der Waals surface area contributed by atoms with E-state index in [2.05, 4.69) is 0 Å². The fourth-order valence-corrected chi connectivity index (χ4v) is 2.77. The van der Waals surface area contributed by atoms with Gasteiger partial charge in [0, 0.05) is 18.7 Å². The summed E-state index contributed by atoms with van der Waals surface area (Å²) < 4.78 is 5.37. The Morgan fingerprint density at radius 3 is 2.57 bits per heavy atom. The van der Waals surface area contributed by atoms with E-state index in [4.69, 9.17) is 4.74 Å². The highest BCUT2D eigenvalue weighted by Gasteiger charge is 2.43. The molecule has 1 aliphatic heterocycles. The Kier molecular flexibility index (Phi) is 5.05. The van der Waals surface area contributed by atoms with Gasteiger partial charge < -0.3 is 19.6 Å². The lowest BCUT2D eigenvalue weighted by molar-refractivity contribution is -0.129. The maximum absolute atomic E-state index is 12.4. The van der Waals surface area contributed by atoms with Crippen molar-refractivity contribution in [1.29, 1.82) is 0 Å². The van der Waals surface area contributed by atoms with Crippen LogP contribution in [0.15, 0.2) is 35.6 Å². The first kappa shape index (κ1) is 17.0. The van der Waals surface area contributed by atoms with Gasteiger partial charge in [0.05, 0.1) is 18.7 Å². The van der Waals surface area contributed by atoms with E-state index < -0.39 is 17.7 Å². The molecule has 1 N–H and O–H groups in total. The summed E-state index contributed by atoms with van der Waals surface area (Å²) in [5.41, 5.74) is 0.814. The molecule has 1 atom stereocenters. The van der Waals surface area contributed by atoms with Crippen LogP contribution >= 0.6 is 0 Å².